The van der Waals surface area contributed by atoms with Crippen molar-refractivity contribution in [3.8, 4) is 11.3 Å². The van der Waals surface area contributed by atoms with E-state index in [1.807, 2.05) is 24.5 Å². The summed E-state index contributed by atoms with van der Waals surface area (Å²) in [7, 11) is 0. The van der Waals surface area contributed by atoms with E-state index in [4.69, 9.17) is 0 Å². The van der Waals surface area contributed by atoms with Gasteiger partial charge < -0.3 is 4.98 Å². The molecule has 2 nitrogen and oxygen atoms in total. The highest BCUT2D eigenvalue weighted by atomic mass is 14.7. The third-order valence-electron chi connectivity index (χ3n) is 2.84. The van der Waals surface area contributed by atoms with Gasteiger partial charge in [-0.2, -0.15) is 0 Å². The number of aromatic amines is 1. The average Bonchev–Trinajstić information content (AvgIpc) is 2.73. The van der Waals surface area contributed by atoms with Crippen molar-refractivity contribution < 1.29 is 0 Å². The van der Waals surface area contributed by atoms with Gasteiger partial charge in [-0.1, -0.05) is 18.2 Å². The first-order chi connectivity index (χ1) is 7.84. The minimum absolute atomic E-state index is 1.15. The van der Waals surface area contributed by atoms with Crippen LogP contribution in [-0.4, -0.2) is 9.97 Å². The number of hydrogen-bond donors (Lipinski definition) is 1. The second-order valence-electron chi connectivity index (χ2n) is 3.96. The van der Waals surface area contributed by atoms with Gasteiger partial charge in [0, 0.05) is 34.6 Å². The van der Waals surface area contributed by atoms with Crippen molar-refractivity contribution in [2.75, 3.05) is 0 Å². The molecule has 0 unspecified atom stereocenters. The Morgan fingerprint density at radius 3 is 2.81 bits per heavy atom. The Morgan fingerprint density at radius 1 is 1.12 bits per heavy atom. The number of nitrogens with zero attached hydrogens (tertiary/aromatic N) is 1. The third kappa shape index (κ3) is 1.39. The lowest BCUT2D eigenvalue weighted by Gasteiger charge is -2.00. The number of fused-ring (bicyclic) bond motifs is 1. The predicted octanol–water partition coefficient (Wildman–Crippen LogP) is 3.54. The van der Waals surface area contributed by atoms with Gasteiger partial charge in [-0.15, -0.1) is 0 Å². The first-order valence-electron chi connectivity index (χ1n) is 5.33. The molecule has 0 radical (unpaired) electrons. The zero-order valence-corrected chi connectivity index (χ0v) is 9.07. The van der Waals surface area contributed by atoms with E-state index in [9.17, 15) is 0 Å². The standard InChI is InChI=1S/C14H12N2/c1-10-9-15-7-6-12(10)14-8-11-4-2-3-5-13(11)16-14/h2-9,16H,1H3. The molecule has 0 atom stereocenters. The highest BCUT2D eigenvalue weighted by Gasteiger charge is 2.04. The Bertz CT molecular complexity index is 605. The molecule has 0 amide bonds. The SMILES string of the molecule is Cc1cnccc1-c1cc2ccccc2[nH]1. The highest BCUT2D eigenvalue weighted by Crippen LogP contribution is 2.25. The van der Waals surface area contributed by atoms with Crippen LogP contribution in [0, 0.1) is 6.92 Å². The van der Waals surface area contributed by atoms with Crippen LogP contribution in [0.1, 0.15) is 5.56 Å². The number of nitrogens with one attached hydrogen (secondary N) is 1. The molecule has 0 aliphatic carbocycles. The van der Waals surface area contributed by atoms with Crippen molar-refractivity contribution in [1.82, 2.24) is 9.97 Å². The first kappa shape index (κ1) is 9.16. The fraction of sp³-hybridized carbons (Fsp3) is 0.0714. The highest BCUT2D eigenvalue weighted by molar-refractivity contribution is 5.86. The minimum Gasteiger partial charge on any atom is -0.355 e. The maximum Gasteiger partial charge on any atom is 0.0468 e. The van der Waals surface area contributed by atoms with E-state index in [2.05, 4.69) is 41.2 Å². The summed E-state index contributed by atoms with van der Waals surface area (Å²) in [6.45, 7) is 2.08. The van der Waals surface area contributed by atoms with Crippen LogP contribution in [0.5, 0.6) is 0 Å². The van der Waals surface area contributed by atoms with E-state index in [1.54, 1.807) is 0 Å². The Morgan fingerprint density at radius 2 is 2.00 bits per heavy atom. The molecule has 2 aromatic heterocycles. The van der Waals surface area contributed by atoms with Gasteiger partial charge >= 0.3 is 0 Å². The van der Waals surface area contributed by atoms with Crippen molar-refractivity contribution in [2.24, 2.45) is 0 Å². The van der Waals surface area contributed by atoms with E-state index in [0.29, 0.717) is 0 Å². The van der Waals surface area contributed by atoms with E-state index >= 15 is 0 Å². The summed E-state index contributed by atoms with van der Waals surface area (Å²) in [5, 5.41) is 1.24. The zero-order valence-electron chi connectivity index (χ0n) is 9.07. The molecule has 0 fully saturated rings. The molecular weight excluding hydrogens is 196 g/mol. The lowest BCUT2D eigenvalue weighted by atomic mass is 10.1. The summed E-state index contributed by atoms with van der Waals surface area (Å²) in [5.74, 6) is 0. The quantitative estimate of drug-likeness (QED) is 0.651. The van der Waals surface area contributed by atoms with Gasteiger partial charge in [0.2, 0.25) is 0 Å². The van der Waals surface area contributed by atoms with Crippen molar-refractivity contribution in [3.63, 3.8) is 0 Å². The average molecular weight is 208 g/mol. The monoisotopic (exact) mass is 208 g/mol. The summed E-state index contributed by atoms with van der Waals surface area (Å²) in [4.78, 5) is 7.54. The van der Waals surface area contributed by atoms with Crippen LogP contribution in [0.3, 0.4) is 0 Å². The van der Waals surface area contributed by atoms with Crippen molar-refractivity contribution in [2.45, 2.75) is 6.92 Å². The Labute approximate surface area is 94.0 Å². The summed E-state index contributed by atoms with van der Waals surface area (Å²) in [5.41, 5.74) is 4.73. The molecule has 0 aliphatic heterocycles. The molecule has 2 heteroatoms. The molecule has 3 aromatic rings. The molecule has 1 aromatic carbocycles. The lowest BCUT2D eigenvalue weighted by molar-refractivity contribution is 1.26. The fourth-order valence-corrected chi connectivity index (χ4v) is 1.99. The minimum atomic E-state index is 1.15. The first-order valence-corrected chi connectivity index (χ1v) is 5.33. The molecule has 16 heavy (non-hydrogen) atoms. The molecule has 3 rings (SSSR count). The number of hydrogen-bond acceptors (Lipinski definition) is 1. The molecule has 0 saturated carbocycles. The van der Waals surface area contributed by atoms with Crippen LogP contribution in [-0.2, 0) is 0 Å². The van der Waals surface area contributed by atoms with Crippen LogP contribution in [0.15, 0.2) is 48.8 Å². The molecule has 1 N–H and O–H groups in total. The summed E-state index contributed by atoms with van der Waals surface area (Å²) in [6, 6.07) is 12.5. The second-order valence-corrected chi connectivity index (χ2v) is 3.96. The number of H-pyrrole nitrogens is 1. The number of aryl methyl sites for hydroxylation is 1. The summed E-state index contributed by atoms with van der Waals surface area (Å²) >= 11 is 0. The Balaban J connectivity index is 2.23. The van der Waals surface area contributed by atoms with Crippen LogP contribution < -0.4 is 0 Å². The van der Waals surface area contributed by atoms with Gasteiger partial charge in [-0.25, -0.2) is 0 Å². The van der Waals surface area contributed by atoms with Gasteiger partial charge in [0.05, 0.1) is 0 Å². The third-order valence-corrected chi connectivity index (χ3v) is 2.84. The van der Waals surface area contributed by atoms with Gasteiger partial charge in [0.15, 0.2) is 0 Å². The van der Waals surface area contributed by atoms with Crippen molar-refractivity contribution >= 4 is 10.9 Å². The molecular formula is C14H12N2. The molecule has 2 heterocycles. The zero-order chi connectivity index (χ0) is 11.0. The topological polar surface area (TPSA) is 28.7 Å². The summed E-state index contributed by atoms with van der Waals surface area (Å²) < 4.78 is 0. The number of para-hydroxylation sites is 1. The van der Waals surface area contributed by atoms with Gasteiger partial charge in [0.1, 0.15) is 0 Å². The fourth-order valence-electron chi connectivity index (χ4n) is 1.99. The molecule has 78 valence electrons. The van der Waals surface area contributed by atoms with Crippen LogP contribution in [0.2, 0.25) is 0 Å². The predicted molar refractivity (Wildman–Crippen MR) is 66.3 cm³/mol. The molecule has 0 saturated heterocycles. The largest absolute Gasteiger partial charge is 0.355 e. The number of aromatic nitrogens is 2. The second kappa shape index (κ2) is 3.49. The van der Waals surface area contributed by atoms with E-state index in [1.165, 1.54) is 22.0 Å². The van der Waals surface area contributed by atoms with Crippen LogP contribution >= 0.6 is 0 Å². The van der Waals surface area contributed by atoms with Gasteiger partial charge in [-0.3, -0.25) is 4.98 Å². The number of benzene rings is 1. The van der Waals surface area contributed by atoms with Crippen LogP contribution in [0.4, 0.5) is 0 Å². The van der Waals surface area contributed by atoms with E-state index in [-0.39, 0.29) is 0 Å². The Kier molecular flexibility index (Phi) is 2.00. The summed E-state index contributed by atoms with van der Waals surface area (Å²) in [6.07, 6.45) is 3.72. The maximum atomic E-state index is 4.11. The molecule has 0 bridgehead atoms. The lowest BCUT2D eigenvalue weighted by Crippen LogP contribution is -1.83. The van der Waals surface area contributed by atoms with Crippen molar-refractivity contribution in [1.29, 1.82) is 0 Å². The van der Waals surface area contributed by atoms with E-state index < -0.39 is 0 Å². The Hall–Kier alpha value is -2.09. The van der Waals surface area contributed by atoms with Gasteiger partial charge in [-0.05, 0) is 30.7 Å². The van der Waals surface area contributed by atoms with Crippen LogP contribution in [0.25, 0.3) is 22.2 Å². The number of pyridine rings is 1. The smallest absolute Gasteiger partial charge is 0.0468 e. The number of rotatable bonds is 1. The van der Waals surface area contributed by atoms with Gasteiger partial charge in [0.25, 0.3) is 0 Å². The van der Waals surface area contributed by atoms with E-state index in [0.717, 1.165) is 5.69 Å². The molecule has 0 aliphatic rings. The van der Waals surface area contributed by atoms with Crippen molar-refractivity contribution in [3.05, 3.63) is 54.4 Å². The molecule has 0 spiro atoms. The normalized spacial score (nSPS) is 10.8. The maximum absolute atomic E-state index is 4.11.